The number of aryl methyl sites for hydroxylation is 2. The van der Waals surface area contributed by atoms with Crippen LogP contribution in [0, 0.1) is 0 Å². The van der Waals surface area contributed by atoms with Crippen molar-refractivity contribution in [3.8, 4) is 5.75 Å². The molecule has 3 amide bonds. The molecule has 198 valence electrons. The fraction of sp³-hybridized carbons (Fsp3) is 0.393. The number of ether oxygens (including phenoxy) is 1. The van der Waals surface area contributed by atoms with Crippen molar-refractivity contribution < 1.29 is 14.3 Å². The second kappa shape index (κ2) is 11.9. The van der Waals surface area contributed by atoms with Gasteiger partial charge >= 0.3 is 6.03 Å². The zero-order valence-electron chi connectivity index (χ0n) is 21.7. The summed E-state index contributed by atoms with van der Waals surface area (Å²) in [6.45, 7) is 2.87. The molecule has 2 saturated heterocycles. The van der Waals surface area contributed by atoms with Crippen LogP contribution in [-0.4, -0.2) is 58.5 Å². The Bertz CT molecular complexity index is 1280. The first-order chi connectivity index (χ1) is 18.6. The number of hydrogen-bond donors (Lipinski definition) is 2. The van der Waals surface area contributed by atoms with E-state index in [-0.39, 0.29) is 19.0 Å². The van der Waals surface area contributed by atoms with Crippen molar-refractivity contribution >= 4 is 23.6 Å². The maximum atomic E-state index is 12.1. The molecule has 0 atom stereocenters. The molecule has 0 bridgehead atoms. The van der Waals surface area contributed by atoms with Crippen molar-refractivity contribution in [1.82, 2.24) is 25.2 Å². The Balaban J connectivity index is 1.30. The average molecular weight is 516 g/mol. The first kappa shape index (κ1) is 25.4. The third-order valence-electron chi connectivity index (χ3n) is 6.81. The smallest absolute Gasteiger partial charge is 0.324 e. The summed E-state index contributed by atoms with van der Waals surface area (Å²) in [5, 5.41) is 5.58. The molecule has 0 aliphatic carbocycles. The Morgan fingerprint density at radius 1 is 0.921 bits per heavy atom. The highest BCUT2D eigenvalue weighted by molar-refractivity contribution is 6.01. The lowest BCUT2D eigenvalue weighted by molar-refractivity contribution is -0.118. The van der Waals surface area contributed by atoms with E-state index in [2.05, 4.69) is 54.8 Å². The molecule has 3 aromatic rings. The number of aromatic nitrogens is 3. The van der Waals surface area contributed by atoms with Crippen LogP contribution in [0.1, 0.15) is 42.0 Å². The van der Waals surface area contributed by atoms with E-state index < -0.39 is 6.03 Å². The highest BCUT2D eigenvalue weighted by atomic mass is 16.5. The molecule has 5 rings (SSSR count). The van der Waals surface area contributed by atoms with Crippen LogP contribution in [-0.2, 0) is 30.7 Å². The first-order valence-electron chi connectivity index (χ1n) is 13.1. The summed E-state index contributed by atoms with van der Waals surface area (Å²) in [5.74, 6) is 1.99. The molecule has 10 nitrogen and oxygen atoms in total. The predicted octanol–water partition coefficient (Wildman–Crippen LogP) is 3.32. The maximum absolute atomic E-state index is 12.1. The molecule has 1 aromatic heterocycles. The second-order valence-corrected chi connectivity index (χ2v) is 9.62. The molecule has 3 heterocycles. The normalized spacial score (nSPS) is 15.5. The van der Waals surface area contributed by atoms with Crippen LogP contribution in [0.5, 0.6) is 5.75 Å². The van der Waals surface area contributed by atoms with Crippen LogP contribution in [0.4, 0.5) is 16.4 Å². The molecular formula is C28H33N7O3. The van der Waals surface area contributed by atoms with Gasteiger partial charge in [-0.05, 0) is 61.1 Å². The summed E-state index contributed by atoms with van der Waals surface area (Å²) in [7, 11) is 1.64. The minimum absolute atomic E-state index is 0.00223. The quantitative estimate of drug-likeness (QED) is 0.396. The number of nitrogens with zero attached hydrogens (tertiary/aromatic N) is 5. The minimum atomic E-state index is -0.431. The SMILES string of the molecule is COc1ccc(CNc2nc(CCc3cccc(N4CCCCC4)c3)nc(CN3CC(=O)NC3=O)n2)cc1. The molecule has 38 heavy (non-hydrogen) atoms. The highest BCUT2D eigenvalue weighted by Crippen LogP contribution is 2.22. The van der Waals surface area contributed by atoms with Gasteiger partial charge in [-0.3, -0.25) is 10.1 Å². The molecule has 2 aliphatic rings. The van der Waals surface area contributed by atoms with Gasteiger partial charge in [0, 0.05) is 31.7 Å². The van der Waals surface area contributed by atoms with Crippen LogP contribution in [0.3, 0.4) is 0 Å². The average Bonchev–Trinajstić information content (AvgIpc) is 3.27. The Kier molecular flexibility index (Phi) is 7.96. The lowest BCUT2D eigenvalue weighted by Crippen LogP contribution is -2.29. The molecule has 0 radical (unpaired) electrons. The summed E-state index contributed by atoms with van der Waals surface area (Å²) < 4.78 is 5.23. The number of piperidine rings is 1. The van der Waals surface area contributed by atoms with Gasteiger partial charge in [0.05, 0.1) is 13.7 Å². The second-order valence-electron chi connectivity index (χ2n) is 9.62. The van der Waals surface area contributed by atoms with Gasteiger partial charge in [-0.2, -0.15) is 9.97 Å². The third kappa shape index (κ3) is 6.56. The Labute approximate surface area is 222 Å². The number of methoxy groups -OCH3 is 1. The fourth-order valence-electron chi connectivity index (χ4n) is 4.75. The van der Waals surface area contributed by atoms with Crippen LogP contribution in [0.2, 0.25) is 0 Å². The van der Waals surface area contributed by atoms with Crippen molar-refractivity contribution in [3.63, 3.8) is 0 Å². The zero-order chi connectivity index (χ0) is 26.3. The lowest BCUT2D eigenvalue weighted by Gasteiger charge is -2.29. The summed E-state index contributed by atoms with van der Waals surface area (Å²) in [6.07, 6.45) is 5.20. The summed E-state index contributed by atoms with van der Waals surface area (Å²) in [4.78, 5) is 41.4. The highest BCUT2D eigenvalue weighted by Gasteiger charge is 2.27. The molecule has 0 spiro atoms. The van der Waals surface area contributed by atoms with E-state index in [1.54, 1.807) is 7.11 Å². The Morgan fingerprint density at radius 3 is 2.45 bits per heavy atom. The largest absolute Gasteiger partial charge is 0.497 e. The van der Waals surface area contributed by atoms with Gasteiger partial charge in [0.15, 0.2) is 5.82 Å². The van der Waals surface area contributed by atoms with E-state index in [1.807, 2.05) is 24.3 Å². The van der Waals surface area contributed by atoms with Gasteiger partial charge in [0.25, 0.3) is 0 Å². The van der Waals surface area contributed by atoms with Crippen LogP contribution >= 0.6 is 0 Å². The number of carbonyl (C=O) groups is 2. The number of anilines is 2. The van der Waals surface area contributed by atoms with E-state index in [0.717, 1.165) is 30.8 Å². The maximum Gasteiger partial charge on any atom is 0.324 e. The number of hydrogen-bond acceptors (Lipinski definition) is 8. The first-order valence-corrected chi connectivity index (χ1v) is 13.1. The third-order valence-corrected chi connectivity index (χ3v) is 6.81. The molecule has 0 unspecified atom stereocenters. The van der Waals surface area contributed by atoms with Crippen molar-refractivity contribution in [2.75, 3.05) is 37.0 Å². The van der Waals surface area contributed by atoms with E-state index >= 15 is 0 Å². The number of nitrogens with one attached hydrogen (secondary N) is 2. The standard InChI is InChI=1S/C28H33N7O3/c1-38-23-11-8-21(9-12-23)17-29-27-31-24(30-25(32-27)18-35-19-26(36)33-28(35)37)13-10-20-6-5-7-22(16-20)34-14-3-2-4-15-34/h5-9,11-12,16H,2-4,10,13-15,17-19H2,1H3,(H,33,36,37)(H,29,30,31,32). The molecule has 2 aliphatic heterocycles. The van der Waals surface area contributed by atoms with Crippen molar-refractivity contribution in [2.45, 2.75) is 45.2 Å². The Hall–Kier alpha value is -4.21. The number of imide groups is 1. The minimum Gasteiger partial charge on any atom is -0.497 e. The van der Waals surface area contributed by atoms with E-state index in [1.165, 1.54) is 35.4 Å². The molecule has 2 fully saturated rings. The number of rotatable bonds is 10. The van der Waals surface area contributed by atoms with Gasteiger partial charge in [0.2, 0.25) is 11.9 Å². The Morgan fingerprint density at radius 2 is 1.71 bits per heavy atom. The van der Waals surface area contributed by atoms with Crippen LogP contribution < -0.4 is 20.3 Å². The van der Waals surface area contributed by atoms with Gasteiger partial charge < -0.3 is 19.9 Å². The van der Waals surface area contributed by atoms with Crippen molar-refractivity contribution in [2.24, 2.45) is 0 Å². The van der Waals surface area contributed by atoms with Gasteiger partial charge in [-0.15, -0.1) is 0 Å². The number of carbonyl (C=O) groups excluding carboxylic acids is 2. The topological polar surface area (TPSA) is 113 Å². The van der Waals surface area contributed by atoms with Crippen molar-refractivity contribution in [1.29, 1.82) is 0 Å². The van der Waals surface area contributed by atoms with Crippen LogP contribution in [0.15, 0.2) is 48.5 Å². The van der Waals surface area contributed by atoms with Gasteiger partial charge in [-0.25, -0.2) is 9.78 Å². The fourth-order valence-corrected chi connectivity index (χ4v) is 4.75. The molecule has 2 aromatic carbocycles. The van der Waals surface area contributed by atoms with E-state index in [4.69, 9.17) is 4.74 Å². The number of benzene rings is 2. The van der Waals surface area contributed by atoms with Gasteiger partial charge in [0.1, 0.15) is 18.1 Å². The molecular weight excluding hydrogens is 482 g/mol. The van der Waals surface area contributed by atoms with Gasteiger partial charge in [-0.1, -0.05) is 24.3 Å². The summed E-state index contributed by atoms with van der Waals surface area (Å²) in [6, 6.07) is 16.0. The molecule has 10 heteroatoms. The molecule has 0 saturated carbocycles. The number of amides is 3. The van der Waals surface area contributed by atoms with Crippen LogP contribution in [0.25, 0.3) is 0 Å². The summed E-state index contributed by atoms with van der Waals surface area (Å²) in [5.41, 5.74) is 3.55. The summed E-state index contributed by atoms with van der Waals surface area (Å²) >= 11 is 0. The van der Waals surface area contributed by atoms with E-state index in [9.17, 15) is 9.59 Å². The zero-order valence-corrected chi connectivity index (χ0v) is 21.7. The van der Waals surface area contributed by atoms with E-state index in [0.29, 0.717) is 30.6 Å². The molecule has 2 N–H and O–H groups in total. The van der Waals surface area contributed by atoms with Crippen molar-refractivity contribution in [3.05, 3.63) is 71.3 Å². The lowest BCUT2D eigenvalue weighted by atomic mass is 10.1. The number of urea groups is 1. The monoisotopic (exact) mass is 515 g/mol. The predicted molar refractivity (Wildman–Crippen MR) is 144 cm³/mol.